The molecule has 14 nitrogen and oxygen atoms in total. The van der Waals surface area contributed by atoms with E-state index in [1.165, 1.54) is 18.4 Å². The van der Waals surface area contributed by atoms with Gasteiger partial charge in [0.25, 0.3) is 5.91 Å². The molecule has 0 aromatic carbocycles. The van der Waals surface area contributed by atoms with Crippen molar-refractivity contribution in [3.05, 3.63) is 71.1 Å². The van der Waals surface area contributed by atoms with Gasteiger partial charge in [-0.2, -0.15) is 0 Å². The molecule has 1 atom stereocenters. The number of nitrogens with zero attached hydrogens (tertiary/aromatic N) is 7. The molecule has 49 heavy (non-hydrogen) atoms. The number of hydrazine groups is 1. The maximum Gasteiger partial charge on any atom is 0.330 e. The summed E-state index contributed by atoms with van der Waals surface area (Å²) < 4.78 is 12.6. The van der Waals surface area contributed by atoms with Crippen LogP contribution in [0.1, 0.15) is 41.2 Å². The molecule has 7 heterocycles. The molecular weight excluding hydrogens is 626 g/mol. The van der Waals surface area contributed by atoms with Gasteiger partial charge in [0.05, 0.1) is 56.2 Å². The van der Waals surface area contributed by atoms with Crippen LogP contribution in [0.4, 0.5) is 23.0 Å². The van der Waals surface area contributed by atoms with Gasteiger partial charge in [0.2, 0.25) is 0 Å². The monoisotopic (exact) mass is 669 g/mol. The van der Waals surface area contributed by atoms with Crippen LogP contribution in [0.15, 0.2) is 48.6 Å². The Kier molecular flexibility index (Phi) is 8.05. The third-order valence-corrected chi connectivity index (χ3v) is 10.4. The maximum absolute atomic E-state index is 13.9. The van der Waals surface area contributed by atoms with Crippen molar-refractivity contribution < 1.29 is 24.2 Å². The Morgan fingerprint density at radius 1 is 1.10 bits per heavy atom. The average molecular weight is 670 g/mol. The van der Waals surface area contributed by atoms with Crippen molar-refractivity contribution in [2.75, 3.05) is 73.2 Å². The molecule has 0 saturated carbocycles. The molecule has 2 fully saturated rings. The molecule has 4 aliphatic heterocycles. The van der Waals surface area contributed by atoms with E-state index in [4.69, 9.17) is 9.47 Å². The minimum Gasteiger partial charge on any atom is -0.468 e. The van der Waals surface area contributed by atoms with E-state index >= 15 is 0 Å². The third kappa shape index (κ3) is 5.71. The summed E-state index contributed by atoms with van der Waals surface area (Å²) in [4.78, 5) is 42.5. The van der Waals surface area contributed by atoms with Crippen molar-refractivity contribution in [1.82, 2.24) is 24.9 Å². The van der Waals surface area contributed by atoms with Gasteiger partial charge >= 0.3 is 5.97 Å². The number of methoxy groups -OCH3 is 1. The number of esters is 1. The Labute approximate surface area is 285 Å². The fraction of sp³-hybridized carbons (Fsp3) is 0.486. The van der Waals surface area contributed by atoms with Crippen molar-refractivity contribution in [2.24, 2.45) is 5.41 Å². The van der Waals surface area contributed by atoms with E-state index in [-0.39, 0.29) is 17.9 Å². The molecule has 3 aromatic heterocycles. The van der Waals surface area contributed by atoms with Crippen LogP contribution in [0.5, 0.6) is 0 Å². The van der Waals surface area contributed by atoms with E-state index in [9.17, 15) is 14.7 Å². The largest absolute Gasteiger partial charge is 0.468 e. The molecule has 0 radical (unpaired) electrons. The minimum absolute atomic E-state index is 0.137. The summed E-state index contributed by atoms with van der Waals surface area (Å²) in [5, 5.41) is 15.6. The van der Waals surface area contributed by atoms with Crippen LogP contribution in [0.2, 0.25) is 0 Å². The van der Waals surface area contributed by atoms with Gasteiger partial charge in [-0.05, 0) is 48.1 Å². The molecule has 3 N–H and O–H groups in total. The molecule has 1 unspecified atom stereocenters. The number of aromatic nitrogens is 3. The van der Waals surface area contributed by atoms with Crippen molar-refractivity contribution in [1.29, 1.82) is 0 Å². The Morgan fingerprint density at radius 3 is 2.61 bits per heavy atom. The summed E-state index contributed by atoms with van der Waals surface area (Å²) in [6.07, 6.45) is 7.10. The Hall–Kier alpha value is -4.50. The lowest BCUT2D eigenvalue weighted by molar-refractivity contribution is -0.141. The van der Waals surface area contributed by atoms with Crippen molar-refractivity contribution >= 4 is 34.9 Å². The van der Waals surface area contributed by atoms with Crippen LogP contribution >= 0.6 is 0 Å². The standard InChI is InChI=1S/C35H43N9O5/c1-35(2)15-22-14-28-33(46)43(13-12-42(28)29(22)16-35)32-25(19-45)27(6-7-36-32)44-18-26(31(39-44)34(47)48-3)38-30-5-4-23(17-37-30)40-8-10-41(11-9-40)24-20-49-21-24/h4-7,14,17-18,24,31,39,45H,8-13,15-16,19-21H2,1-3H3,(H,37,38). The van der Waals surface area contributed by atoms with E-state index < -0.39 is 12.0 Å². The fourth-order valence-corrected chi connectivity index (χ4v) is 7.77. The Balaban J connectivity index is 1.01. The molecule has 258 valence electrons. The number of aliphatic hydroxyl groups is 1. The Bertz CT molecular complexity index is 1790. The first-order chi connectivity index (χ1) is 23.7. The predicted octanol–water partition coefficient (Wildman–Crippen LogP) is 1.90. The summed E-state index contributed by atoms with van der Waals surface area (Å²) in [5.41, 5.74) is 9.12. The number of piperazine rings is 1. The quantitative estimate of drug-likeness (QED) is 0.302. The highest BCUT2D eigenvalue weighted by molar-refractivity contribution is 6.06. The Morgan fingerprint density at radius 2 is 1.92 bits per heavy atom. The molecule has 0 spiro atoms. The van der Waals surface area contributed by atoms with Crippen LogP contribution in [0.3, 0.4) is 0 Å². The number of carbonyl (C=O) groups excluding carboxylic acids is 2. The molecule has 3 aromatic rings. The lowest BCUT2D eigenvalue weighted by atomic mass is 9.90. The van der Waals surface area contributed by atoms with Gasteiger partial charge in [-0.3, -0.25) is 19.6 Å². The number of pyridine rings is 2. The lowest BCUT2D eigenvalue weighted by Gasteiger charge is -2.43. The first-order valence-corrected chi connectivity index (χ1v) is 17.0. The fourth-order valence-electron chi connectivity index (χ4n) is 7.77. The number of carbonyl (C=O) groups is 2. The molecule has 8 rings (SSSR count). The molecule has 1 aliphatic carbocycles. The van der Waals surface area contributed by atoms with Crippen LogP contribution in [-0.2, 0) is 40.3 Å². The minimum atomic E-state index is -0.857. The maximum atomic E-state index is 13.9. The summed E-state index contributed by atoms with van der Waals surface area (Å²) in [5.74, 6) is 0.341. The van der Waals surface area contributed by atoms with Gasteiger partial charge in [-0.1, -0.05) is 13.8 Å². The SMILES string of the molecule is COC(=O)C1NN(c2ccnc(N3CCn4c(cc5c4CC(C)(C)C5)C3=O)c2CO)C=C1Nc1ccc(N2CCN(C3COC3)CC2)cn1. The van der Waals surface area contributed by atoms with E-state index in [1.807, 2.05) is 24.4 Å². The second kappa shape index (κ2) is 12.4. The first kappa shape index (κ1) is 31.7. The number of hydrogen-bond donors (Lipinski definition) is 3. The first-order valence-electron chi connectivity index (χ1n) is 17.0. The number of ether oxygens (including phenoxy) is 2. The highest BCUT2D eigenvalue weighted by atomic mass is 16.5. The number of amides is 1. The molecular formula is C35H43N9O5. The van der Waals surface area contributed by atoms with Crippen molar-refractivity contribution in [2.45, 2.75) is 51.9 Å². The van der Waals surface area contributed by atoms with Gasteiger partial charge in [0.15, 0.2) is 6.04 Å². The van der Waals surface area contributed by atoms with Gasteiger partial charge < -0.3 is 29.4 Å². The van der Waals surface area contributed by atoms with E-state index in [0.717, 1.165) is 57.9 Å². The number of hydrogen-bond acceptors (Lipinski definition) is 12. The predicted molar refractivity (Wildman–Crippen MR) is 183 cm³/mol. The van der Waals surface area contributed by atoms with Crippen LogP contribution in [0, 0.1) is 5.41 Å². The summed E-state index contributed by atoms with van der Waals surface area (Å²) >= 11 is 0. The van der Waals surface area contributed by atoms with E-state index in [0.29, 0.717) is 53.4 Å². The topological polar surface area (TPSA) is 141 Å². The van der Waals surface area contributed by atoms with Crippen molar-refractivity contribution in [3.63, 3.8) is 0 Å². The number of rotatable bonds is 8. The summed E-state index contributed by atoms with van der Waals surface area (Å²) in [7, 11) is 1.34. The van der Waals surface area contributed by atoms with Crippen LogP contribution in [0.25, 0.3) is 0 Å². The smallest absolute Gasteiger partial charge is 0.330 e. The lowest BCUT2D eigenvalue weighted by Crippen LogP contribution is -2.56. The number of anilines is 4. The van der Waals surface area contributed by atoms with Gasteiger partial charge in [0, 0.05) is 62.9 Å². The normalized spacial score (nSPS) is 22.1. The summed E-state index contributed by atoms with van der Waals surface area (Å²) in [6.45, 7) is 10.7. The van der Waals surface area contributed by atoms with Gasteiger partial charge in [0.1, 0.15) is 17.3 Å². The zero-order chi connectivity index (χ0) is 33.9. The van der Waals surface area contributed by atoms with Gasteiger partial charge in [-0.15, -0.1) is 0 Å². The highest BCUT2D eigenvalue weighted by Crippen LogP contribution is 2.40. The van der Waals surface area contributed by atoms with Crippen LogP contribution in [-0.4, -0.2) is 102 Å². The van der Waals surface area contributed by atoms with Gasteiger partial charge in [-0.25, -0.2) is 20.2 Å². The molecule has 2 saturated heterocycles. The number of aliphatic hydroxyl groups excluding tert-OH is 1. The molecule has 1 amide bonds. The number of fused-ring (bicyclic) bond motifs is 3. The van der Waals surface area contributed by atoms with E-state index in [2.05, 4.69) is 48.9 Å². The molecule has 0 bridgehead atoms. The number of nitrogens with one attached hydrogen (secondary N) is 2. The second-order valence-electron chi connectivity index (χ2n) is 14.2. The zero-order valence-corrected chi connectivity index (χ0v) is 28.2. The molecule has 14 heteroatoms. The van der Waals surface area contributed by atoms with E-state index in [1.54, 1.807) is 28.4 Å². The molecule has 5 aliphatic rings. The highest BCUT2D eigenvalue weighted by Gasteiger charge is 2.39. The second-order valence-corrected chi connectivity index (χ2v) is 14.2. The summed E-state index contributed by atoms with van der Waals surface area (Å²) in [6, 6.07) is 7.39. The third-order valence-electron chi connectivity index (χ3n) is 10.4. The van der Waals surface area contributed by atoms with Crippen molar-refractivity contribution in [3.8, 4) is 0 Å². The zero-order valence-electron chi connectivity index (χ0n) is 28.2. The average Bonchev–Trinajstić information content (AvgIpc) is 3.74. The van der Waals surface area contributed by atoms with Crippen LogP contribution < -0.4 is 25.6 Å².